The largest absolute Gasteiger partial charge is 0.488 e. The van der Waals surface area contributed by atoms with Gasteiger partial charge >= 0.3 is 0 Å². The number of nitrogens with zero attached hydrogens (tertiary/aromatic N) is 1. The van der Waals surface area contributed by atoms with Crippen LogP contribution in [0.5, 0.6) is 5.75 Å². The van der Waals surface area contributed by atoms with E-state index in [1.807, 2.05) is 54.6 Å². The first kappa shape index (κ1) is 23.1. The highest BCUT2D eigenvalue weighted by Gasteiger charge is 2.35. The van der Waals surface area contributed by atoms with Gasteiger partial charge in [-0.15, -0.1) is 0 Å². The number of imide groups is 1. The van der Waals surface area contributed by atoms with Crippen LogP contribution in [0.2, 0.25) is 5.02 Å². The molecule has 4 aromatic carbocycles. The molecule has 1 fully saturated rings. The number of benzene rings is 4. The Morgan fingerprint density at radius 1 is 0.886 bits per heavy atom. The average Bonchev–Trinajstić information content (AvgIpc) is 3.13. The molecule has 5 rings (SSSR count). The van der Waals surface area contributed by atoms with E-state index in [0.29, 0.717) is 16.3 Å². The molecule has 4 nitrogen and oxygen atoms in total. The molecule has 1 aliphatic heterocycles. The van der Waals surface area contributed by atoms with Crippen molar-refractivity contribution < 1.29 is 18.7 Å². The van der Waals surface area contributed by atoms with E-state index in [1.54, 1.807) is 30.3 Å². The average molecular weight is 504 g/mol. The fraction of sp³-hybridized carbons (Fsp3) is 0.0714. The molecule has 0 aromatic heterocycles. The zero-order chi connectivity index (χ0) is 24.4. The molecule has 0 aliphatic carbocycles. The summed E-state index contributed by atoms with van der Waals surface area (Å²) in [5.41, 5.74) is 1.80. The molecule has 2 amide bonds. The Morgan fingerprint density at radius 3 is 2.40 bits per heavy atom. The number of thioether (sulfide) groups is 1. The molecule has 174 valence electrons. The fourth-order valence-corrected chi connectivity index (χ4v) is 4.90. The minimum absolute atomic E-state index is 0.125. The maximum Gasteiger partial charge on any atom is 0.293 e. The highest BCUT2D eigenvalue weighted by Crippen LogP contribution is 2.38. The summed E-state index contributed by atoms with van der Waals surface area (Å²) < 4.78 is 20.3. The van der Waals surface area contributed by atoms with Crippen molar-refractivity contribution in [2.45, 2.75) is 13.2 Å². The lowest BCUT2D eigenvalue weighted by molar-refractivity contribution is -0.123. The van der Waals surface area contributed by atoms with Gasteiger partial charge in [0.1, 0.15) is 18.2 Å². The second-order valence-corrected chi connectivity index (χ2v) is 9.34. The van der Waals surface area contributed by atoms with Gasteiger partial charge in [-0.05, 0) is 46.8 Å². The fourth-order valence-electron chi connectivity index (χ4n) is 3.89. The van der Waals surface area contributed by atoms with Crippen molar-refractivity contribution in [3.8, 4) is 5.75 Å². The van der Waals surface area contributed by atoms with E-state index in [0.717, 1.165) is 33.0 Å². The molecular formula is C28H19ClFNO3S. The van der Waals surface area contributed by atoms with Crippen molar-refractivity contribution in [3.63, 3.8) is 0 Å². The van der Waals surface area contributed by atoms with E-state index < -0.39 is 17.0 Å². The molecule has 0 atom stereocenters. The number of carbonyl (C=O) groups excluding carboxylic acids is 2. The van der Waals surface area contributed by atoms with E-state index >= 15 is 0 Å². The van der Waals surface area contributed by atoms with Gasteiger partial charge in [0.25, 0.3) is 11.1 Å². The quantitative estimate of drug-likeness (QED) is 0.256. The van der Waals surface area contributed by atoms with E-state index in [-0.39, 0.29) is 23.6 Å². The lowest BCUT2D eigenvalue weighted by Crippen LogP contribution is -2.27. The van der Waals surface area contributed by atoms with Crippen LogP contribution in [0.25, 0.3) is 16.8 Å². The predicted molar refractivity (Wildman–Crippen MR) is 138 cm³/mol. The van der Waals surface area contributed by atoms with Crippen molar-refractivity contribution in [1.29, 1.82) is 0 Å². The van der Waals surface area contributed by atoms with Crippen LogP contribution in [-0.4, -0.2) is 16.0 Å². The topological polar surface area (TPSA) is 46.6 Å². The highest BCUT2D eigenvalue weighted by atomic mass is 35.5. The summed E-state index contributed by atoms with van der Waals surface area (Å²) in [4.78, 5) is 27.1. The Labute approximate surface area is 211 Å². The van der Waals surface area contributed by atoms with Crippen LogP contribution in [0, 0.1) is 5.82 Å². The monoisotopic (exact) mass is 503 g/mol. The van der Waals surface area contributed by atoms with Crippen molar-refractivity contribution in [1.82, 2.24) is 4.90 Å². The lowest BCUT2D eigenvalue weighted by Gasteiger charge is -2.14. The molecule has 35 heavy (non-hydrogen) atoms. The second kappa shape index (κ2) is 9.94. The van der Waals surface area contributed by atoms with Crippen LogP contribution < -0.4 is 4.74 Å². The first-order valence-corrected chi connectivity index (χ1v) is 12.1. The third kappa shape index (κ3) is 4.81. The normalized spacial score (nSPS) is 14.8. The van der Waals surface area contributed by atoms with E-state index in [4.69, 9.17) is 16.3 Å². The number of ether oxygens (including phenoxy) is 1. The Morgan fingerprint density at radius 2 is 1.60 bits per heavy atom. The SMILES string of the molecule is O=C1S/C(=C\c2c(OCc3ccccc3Cl)ccc3ccccc23)C(=O)N1Cc1ccccc1F. The number of amides is 2. The third-order valence-electron chi connectivity index (χ3n) is 5.71. The summed E-state index contributed by atoms with van der Waals surface area (Å²) in [6.07, 6.45) is 1.68. The molecule has 1 saturated heterocycles. The summed E-state index contributed by atoms with van der Waals surface area (Å²) in [6, 6.07) is 25.1. The summed E-state index contributed by atoms with van der Waals surface area (Å²) >= 11 is 7.12. The molecule has 1 heterocycles. The van der Waals surface area contributed by atoms with Crippen LogP contribution in [0.3, 0.4) is 0 Å². The van der Waals surface area contributed by atoms with Crippen LogP contribution in [-0.2, 0) is 17.9 Å². The van der Waals surface area contributed by atoms with Gasteiger partial charge in [0.05, 0.1) is 11.4 Å². The smallest absolute Gasteiger partial charge is 0.293 e. The van der Waals surface area contributed by atoms with Crippen LogP contribution in [0.15, 0.2) is 89.8 Å². The Bertz CT molecular complexity index is 1490. The van der Waals surface area contributed by atoms with Gasteiger partial charge in [0.2, 0.25) is 0 Å². The number of fused-ring (bicyclic) bond motifs is 1. The molecule has 0 bridgehead atoms. The van der Waals surface area contributed by atoms with Gasteiger partial charge in [-0.25, -0.2) is 4.39 Å². The number of hydrogen-bond donors (Lipinski definition) is 0. The molecule has 1 aliphatic rings. The summed E-state index contributed by atoms with van der Waals surface area (Å²) in [5, 5.41) is 2.01. The summed E-state index contributed by atoms with van der Waals surface area (Å²) in [6.45, 7) is 0.119. The maximum atomic E-state index is 14.1. The van der Waals surface area contributed by atoms with Gasteiger partial charge in [-0.3, -0.25) is 14.5 Å². The zero-order valence-electron chi connectivity index (χ0n) is 18.4. The van der Waals surface area contributed by atoms with E-state index in [1.165, 1.54) is 6.07 Å². The third-order valence-corrected chi connectivity index (χ3v) is 6.98. The van der Waals surface area contributed by atoms with Crippen molar-refractivity contribution in [2.75, 3.05) is 0 Å². The first-order chi connectivity index (χ1) is 17.0. The number of hydrogen-bond acceptors (Lipinski definition) is 4. The standard InChI is InChI=1S/C28H19ClFNO3S/c29-23-11-5-2-9-20(23)17-34-25-14-13-18-7-1-4-10-21(18)22(25)15-26-27(32)31(28(33)35-26)16-19-8-3-6-12-24(19)30/h1-15H,16-17H2/b26-15-. The van der Waals surface area contributed by atoms with Gasteiger partial charge in [-0.2, -0.15) is 0 Å². The van der Waals surface area contributed by atoms with Crippen LogP contribution in [0.1, 0.15) is 16.7 Å². The Hall–Kier alpha value is -3.61. The maximum absolute atomic E-state index is 14.1. The molecule has 0 saturated carbocycles. The van der Waals surface area contributed by atoms with Crippen LogP contribution in [0.4, 0.5) is 9.18 Å². The van der Waals surface area contributed by atoms with Gasteiger partial charge < -0.3 is 4.74 Å². The molecule has 0 radical (unpaired) electrons. The minimum Gasteiger partial charge on any atom is -0.488 e. The van der Waals surface area contributed by atoms with Gasteiger partial charge in [0.15, 0.2) is 0 Å². The minimum atomic E-state index is -0.465. The van der Waals surface area contributed by atoms with E-state index in [2.05, 4.69) is 0 Å². The Kier molecular flexibility index (Phi) is 6.57. The van der Waals surface area contributed by atoms with Gasteiger partial charge in [-0.1, -0.05) is 78.3 Å². The number of halogens is 2. The molecule has 0 unspecified atom stereocenters. The van der Waals surface area contributed by atoms with Gasteiger partial charge in [0, 0.05) is 21.7 Å². The Balaban J connectivity index is 1.49. The molecule has 7 heteroatoms. The van der Waals surface area contributed by atoms with E-state index in [9.17, 15) is 14.0 Å². The summed E-state index contributed by atoms with van der Waals surface area (Å²) in [7, 11) is 0. The number of carbonyl (C=O) groups is 2. The molecular weight excluding hydrogens is 485 g/mol. The lowest BCUT2D eigenvalue weighted by atomic mass is 10.0. The number of rotatable bonds is 6. The first-order valence-electron chi connectivity index (χ1n) is 10.9. The molecule has 0 spiro atoms. The van der Waals surface area contributed by atoms with Crippen molar-refractivity contribution in [2.24, 2.45) is 0 Å². The predicted octanol–water partition coefficient (Wildman–Crippen LogP) is 7.45. The van der Waals surface area contributed by atoms with Crippen molar-refractivity contribution in [3.05, 3.63) is 117 Å². The zero-order valence-corrected chi connectivity index (χ0v) is 20.0. The molecule has 4 aromatic rings. The van der Waals surface area contributed by atoms with Crippen LogP contribution >= 0.6 is 23.4 Å². The van der Waals surface area contributed by atoms with Crippen molar-refractivity contribution >= 4 is 51.4 Å². The second-order valence-electron chi connectivity index (χ2n) is 7.94. The molecule has 0 N–H and O–H groups in total. The summed E-state index contributed by atoms with van der Waals surface area (Å²) in [5.74, 6) is -0.363. The highest BCUT2D eigenvalue weighted by molar-refractivity contribution is 8.18.